The number of anilines is 1. The van der Waals surface area contributed by atoms with E-state index in [2.05, 4.69) is 28.0 Å². The number of fused-ring (bicyclic) bond motifs is 1. The number of furan rings is 1. The van der Waals surface area contributed by atoms with Gasteiger partial charge in [0, 0.05) is 38.1 Å². The van der Waals surface area contributed by atoms with Gasteiger partial charge in [-0.2, -0.15) is 0 Å². The van der Waals surface area contributed by atoms with E-state index in [4.69, 9.17) is 9.52 Å². The van der Waals surface area contributed by atoms with Crippen molar-refractivity contribution < 1.29 is 9.52 Å². The monoisotopic (exact) mass is 246 g/mol. The quantitative estimate of drug-likeness (QED) is 0.892. The predicted octanol–water partition coefficient (Wildman–Crippen LogP) is 1.55. The maximum atomic E-state index is 8.94. The molecule has 1 aliphatic heterocycles. The highest BCUT2D eigenvalue weighted by Crippen LogP contribution is 2.28. The maximum absolute atomic E-state index is 8.94. The first kappa shape index (κ1) is 11.6. The van der Waals surface area contributed by atoms with Crippen molar-refractivity contribution in [3.8, 4) is 0 Å². The third-order valence-corrected chi connectivity index (χ3v) is 3.59. The molecule has 0 radical (unpaired) electrons. The van der Waals surface area contributed by atoms with Crippen molar-refractivity contribution in [2.45, 2.75) is 0 Å². The SMILES string of the molecule is OCCN1CCN(c2cccc3ccoc23)CC1. The molecule has 96 valence electrons. The van der Waals surface area contributed by atoms with Crippen molar-refractivity contribution in [2.75, 3.05) is 44.2 Å². The Balaban J connectivity index is 1.78. The minimum atomic E-state index is 0.244. The standard InChI is InChI=1S/C14H18N2O2/c17-10-9-15-5-7-16(8-6-15)13-3-1-2-12-4-11-18-14(12)13/h1-4,11,17H,5-10H2. The second-order valence-corrected chi connectivity index (χ2v) is 4.67. The van der Waals surface area contributed by atoms with Gasteiger partial charge in [-0.05, 0) is 12.1 Å². The van der Waals surface area contributed by atoms with E-state index in [1.807, 2.05) is 6.07 Å². The molecule has 1 saturated heterocycles. The lowest BCUT2D eigenvalue weighted by Crippen LogP contribution is -2.47. The first-order chi connectivity index (χ1) is 8.88. The van der Waals surface area contributed by atoms with Gasteiger partial charge < -0.3 is 14.4 Å². The van der Waals surface area contributed by atoms with Crippen molar-refractivity contribution in [3.63, 3.8) is 0 Å². The van der Waals surface area contributed by atoms with Crippen LogP contribution in [0.2, 0.25) is 0 Å². The van der Waals surface area contributed by atoms with Gasteiger partial charge in [-0.15, -0.1) is 0 Å². The maximum Gasteiger partial charge on any atom is 0.157 e. The van der Waals surface area contributed by atoms with Gasteiger partial charge in [0.05, 0.1) is 18.6 Å². The lowest BCUT2D eigenvalue weighted by atomic mass is 10.2. The highest BCUT2D eigenvalue weighted by molar-refractivity contribution is 5.89. The van der Waals surface area contributed by atoms with Crippen LogP contribution < -0.4 is 4.90 Å². The lowest BCUT2D eigenvalue weighted by Gasteiger charge is -2.35. The summed E-state index contributed by atoms with van der Waals surface area (Å²) >= 11 is 0. The second-order valence-electron chi connectivity index (χ2n) is 4.67. The van der Waals surface area contributed by atoms with Crippen molar-refractivity contribution >= 4 is 16.7 Å². The topological polar surface area (TPSA) is 39.9 Å². The van der Waals surface area contributed by atoms with E-state index in [-0.39, 0.29) is 6.61 Å². The van der Waals surface area contributed by atoms with Crippen LogP contribution in [0, 0.1) is 0 Å². The summed E-state index contributed by atoms with van der Waals surface area (Å²) in [5.74, 6) is 0. The second kappa shape index (κ2) is 5.00. The molecule has 2 heterocycles. The number of hydrogen-bond donors (Lipinski definition) is 1. The average Bonchev–Trinajstić information content (AvgIpc) is 2.88. The van der Waals surface area contributed by atoms with E-state index in [1.165, 1.54) is 5.69 Å². The zero-order valence-corrected chi connectivity index (χ0v) is 10.4. The molecule has 1 aliphatic rings. The summed E-state index contributed by atoms with van der Waals surface area (Å²) < 4.78 is 5.58. The van der Waals surface area contributed by atoms with Crippen molar-refractivity contribution in [3.05, 3.63) is 30.5 Å². The summed E-state index contributed by atoms with van der Waals surface area (Å²) in [5, 5.41) is 10.1. The summed E-state index contributed by atoms with van der Waals surface area (Å²) in [4.78, 5) is 4.65. The average molecular weight is 246 g/mol. The third-order valence-electron chi connectivity index (χ3n) is 3.59. The predicted molar refractivity (Wildman–Crippen MR) is 72.0 cm³/mol. The molecule has 3 rings (SSSR count). The fourth-order valence-electron chi connectivity index (χ4n) is 2.58. The van der Waals surface area contributed by atoms with E-state index in [0.29, 0.717) is 0 Å². The van der Waals surface area contributed by atoms with Gasteiger partial charge in [0.25, 0.3) is 0 Å². The smallest absolute Gasteiger partial charge is 0.157 e. The Morgan fingerprint density at radius 2 is 1.94 bits per heavy atom. The fraction of sp³-hybridized carbons (Fsp3) is 0.429. The van der Waals surface area contributed by atoms with E-state index in [1.54, 1.807) is 6.26 Å². The minimum Gasteiger partial charge on any atom is -0.462 e. The molecular formula is C14H18N2O2. The Hall–Kier alpha value is -1.52. The first-order valence-electron chi connectivity index (χ1n) is 6.43. The molecule has 0 amide bonds. The van der Waals surface area contributed by atoms with Crippen LogP contribution in [0.25, 0.3) is 11.0 Å². The van der Waals surface area contributed by atoms with Crippen LogP contribution >= 0.6 is 0 Å². The van der Waals surface area contributed by atoms with Crippen molar-refractivity contribution in [1.82, 2.24) is 4.90 Å². The van der Waals surface area contributed by atoms with Gasteiger partial charge >= 0.3 is 0 Å². The number of piperazine rings is 1. The molecule has 1 aromatic carbocycles. The van der Waals surface area contributed by atoms with Crippen LogP contribution in [-0.4, -0.2) is 49.3 Å². The molecule has 0 spiro atoms. The van der Waals surface area contributed by atoms with E-state index >= 15 is 0 Å². The number of rotatable bonds is 3. The van der Waals surface area contributed by atoms with Gasteiger partial charge in [-0.1, -0.05) is 12.1 Å². The highest BCUT2D eigenvalue weighted by Gasteiger charge is 2.18. The molecule has 0 bridgehead atoms. The molecule has 0 saturated carbocycles. The number of benzene rings is 1. The van der Waals surface area contributed by atoms with Crippen LogP contribution in [0.3, 0.4) is 0 Å². The summed E-state index contributed by atoms with van der Waals surface area (Å²) in [6.07, 6.45) is 1.75. The molecule has 4 heteroatoms. The summed E-state index contributed by atoms with van der Waals surface area (Å²) in [6.45, 7) is 4.99. The third kappa shape index (κ3) is 2.09. The molecular weight excluding hydrogens is 228 g/mol. The lowest BCUT2D eigenvalue weighted by molar-refractivity contribution is 0.189. The minimum absolute atomic E-state index is 0.244. The van der Waals surface area contributed by atoms with Gasteiger partial charge in [-0.25, -0.2) is 0 Å². The molecule has 0 aliphatic carbocycles. The number of aliphatic hydroxyl groups is 1. The summed E-state index contributed by atoms with van der Waals surface area (Å²) in [5.41, 5.74) is 2.16. The van der Waals surface area contributed by atoms with Crippen molar-refractivity contribution in [2.24, 2.45) is 0 Å². The van der Waals surface area contributed by atoms with E-state index in [9.17, 15) is 0 Å². The zero-order valence-electron chi connectivity index (χ0n) is 10.4. The fourth-order valence-corrected chi connectivity index (χ4v) is 2.58. The Morgan fingerprint density at radius 1 is 1.11 bits per heavy atom. The largest absolute Gasteiger partial charge is 0.462 e. The number of aliphatic hydroxyl groups excluding tert-OH is 1. The number of hydrogen-bond acceptors (Lipinski definition) is 4. The summed E-state index contributed by atoms with van der Waals surface area (Å²) in [6, 6.07) is 8.27. The molecule has 4 nitrogen and oxygen atoms in total. The first-order valence-corrected chi connectivity index (χ1v) is 6.43. The number of para-hydroxylation sites is 1. The Morgan fingerprint density at radius 3 is 2.72 bits per heavy atom. The molecule has 18 heavy (non-hydrogen) atoms. The van der Waals surface area contributed by atoms with Gasteiger partial charge in [0.15, 0.2) is 5.58 Å². The molecule has 1 N–H and O–H groups in total. The van der Waals surface area contributed by atoms with E-state index < -0.39 is 0 Å². The highest BCUT2D eigenvalue weighted by atomic mass is 16.3. The molecule has 2 aromatic rings. The Labute approximate surface area is 106 Å². The van der Waals surface area contributed by atoms with E-state index in [0.717, 1.165) is 43.7 Å². The van der Waals surface area contributed by atoms with Crippen LogP contribution in [0.4, 0.5) is 5.69 Å². The normalized spacial score (nSPS) is 17.5. The van der Waals surface area contributed by atoms with Crippen LogP contribution in [0.1, 0.15) is 0 Å². The molecule has 0 unspecified atom stereocenters. The molecule has 0 atom stereocenters. The number of β-amino-alcohol motifs (C(OH)–C–C–N with tert-alkyl or cyclic N) is 1. The van der Waals surface area contributed by atoms with Crippen molar-refractivity contribution in [1.29, 1.82) is 0 Å². The molecule has 1 aromatic heterocycles. The number of nitrogens with zero attached hydrogens (tertiary/aromatic N) is 2. The Bertz CT molecular complexity index is 515. The zero-order chi connectivity index (χ0) is 12.4. The summed E-state index contributed by atoms with van der Waals surface area (Å²) in [7, 11) is 0. The van der Waals surface area contributed by atoms with Crippen LogP contribution in [-0.2, 0) is 0 Å². The van der Waals surface area contributed by atoms with Crippen LogP contribution in [0.5, 0.6) is 0 Å². The van der Waals surface area contributed by atoms with Crippen LogP contribution in [0.15, 0.2) is 34.9 Å². The van der Waals surface area contributed by atoms with Gasteiger partial charge in [0.2, 0.25) is 0 Å². The van der Waals surface area contributed by atoms with Gasteiger partial charge in [-0.3, -0.25) is 4.90 Å². The Kier molecular flexibility index (Phi) is 3.21. The van der Waals surface area contributed by atoms with Gasteiger partial charge in [0.1, 0.15) is 0 Å². The molecule has 1 fully saturated rings.